The Kier molecular flexibility index (Phi) is 6.70. The van der Waals surface area contributed by atoms with Crippen molar-refractivity contribution in [2.24, 2.45) is 5.92 Å². The van der Waals surface area contributed by atoms with Crippen LogP contribution in [0.1, 0.15) is 37.7 Å². The van der Waals surface area contributed by atoms with E-state index in [1.165, 1.54) is 37.4 Å². The molecular weight excluding hydrogens is 390 g/mol. The van der Waals surface area contributed by atoms with E-state index in [1.807, 2.05) is 6.07 Å². The highest BCUT2D eigenvalue weighted by molar-refractivity contribution is 8.24. The van der Waals surface area contributed by atoms with Crippen molar-refractivity contribution in [1.29, 1.82) is 0 Å². The topological polar surface area (TPSA) is 38.8 Å². The molecule has 0 N–H and O–H groups in total. The van der Waals surface area contributed by atoms with Crippen LogP contribution in [0.4, 0.5) is 0 Å². The highest BCUT2D eigenvalue weighted by Gasteiger charge is 2.37. The molecule has 26 heavy (non-hydrogen) atoms. The van der Waals surface area contributed by atoms with E-state index in [0.717, 1.165) is 24.4 Å². The first-order valence-electron chi connectivity index (χ1n) is 8.96. The average Bonchev–Trinajstić information content (AvgIpc) is 3.23. The van der Waals surface area contributed by atoms with E-state index >= 15 is 0 Å². The maximum atomic E-state index is 12.8. The number of thioether (sulfide) groups is 1. The minimum Gasteiger partial charge on any atom is -0.493 e. The summed E-state index contributed by atoms with van der Waals surface area (Å²) in [5.74, 6) is 2.04. The SMILES string of the molecule is COc1cc(Cl)c(C[C@H]2SC(=S)N(CCC3CCCC3)C2=O)cc1OC. The van der Waals surface area contributed by atoms with Crippen LogP contribution in [0.3, 0.4) is 0 Å². The number of nitrogens with zero attached hydrogens (tertiary/aromatic N) is 1. The van der Waals surface area contributed by atoms with Crippen molar-refractivity contribution in [2.45, 2.75) is 43.8 Å². The van der Waals surface area contributed by atoms with Gasteiger partial charge in [-0.1, -0.05) is 61.3 Å². The standard InChI is InChI=1S/C19H24ClNO3S2/c1-23-15-9-13(14(20)11-16(15)24-2)10-17-18(22)21(19(25)26-17)8-7-12-5-3-4-6-12/h9,11-12,17H,3-8,10H2,1-2H3/t17-/m1/s1. The maximum absolute atomic E-state index is 12.8. The second-order valence-corrected chi connectivity index (χ2v) is 9.05. The number of carbonyl (C=O) groups excluding carboxylic acids is 1. The van der Waals surface area contributed by atoms with Crippen molar-refractivity contribution in [1.82, 2.24) is 4.90 Å². The lowest BCUT2D eigenvalue weighted by molar-refractivity contribution is -0.126. The van der Waals surface area contributed by atoms with E-state index in [-0.39, 0.29) is 11.2 Å². The van der Waals surface area contributed by atoms with E-state index in [0.29, 0.717) is 27.3 Å². The summed E-state index contributed by atoms with van der Waals surface area (Å²) in [7, 11) is 3.16. The summed E-state index contributed by atoms with van der Waals surface area (Å²) in [6, 6.07) is 3.58. The summed E-state index contributed by atoms with van der Waals surface area (Å²) >= 11 is 13.3. The van der Waals surface area contributed by atoms with Gasteiger partial charge in [0.1, 0.15) is 4.32 Å². The molecule has 1 saturated carbocycles. The maximum Gasteiger partial charge on any atom is 0.241 e. The molecule has 1 heterocycles. The molecule has 0 aromatic heterocycles. The van der Waals surface area contributed by atoms with Gasteiger partial charge < -0.3 is 9.47 Å². The minimum absolute atomic E-state index is 0.101. The molecule has 142 valence electrons. The van der Waals surface area contributed by atoms with Crippen molar-refractivity contribution in [3.8, 4) is 11.5 Å². The zero-order valence-electron chi connectivity index (χ0n) is 15.1. The summed E-state index contributed by atoms with van der Waals surface area (Å²) in [5.41, 5.74) is 0.871. The zero-order chi connectivity index (χ0) is 18.7. The van der Waals surface area contributed by atoms with E-state index in [2.05, 4.69) is 0 Å². The van der Waals surface area contributed by atoms with Gasteiger partial charge in [-0.25, -0.2) is 0 Å². The lowest BCUT2D eigenvalue weighted by Gasteiger charge is -2.18. The summed E-state index contributed by atoms with van der Waals surface area (Å²) in [4.78, 5) is 14.6. The largest absolute Gasteiger partial charge is 0.493 e. The Morgan fingerprint density at radius 3 is 2.54 bits per heavy atom. The van der Waals surface area contributed by atoms with Gasteiger partial charge in [-0.3, -0.25) is 9.69 Å². The Morgan fingerprint density at radius 1 is 1.23 bits per heavy atom. The Balaban J connectivity index is 1.66. The fraction of sp³-hybridized carbons (Fsp3) is 0.579. The predicted molar refractivity (Wildman–Crippen MR) is 111 cm³/mol. The van der Waals surface area contributed by atoms with E-state index in [4.69, 9.17) is 33.3 Å². The predicted octanol–water partition coefficient (Wildman–Crippen LogP) is 4.71. The van der Waals surface area contributed by atoms with Crippen LogP contribution in [0, 0.1) is 5.92 Å². The molecule has 0 bridgehead atoms. The van der Waals surface area contributed by atoms with Crippen molar-refractivity contribution < 1.29 is 14.3 Å². The number of amides is 1. The number of methoxy groups -OCH3 is 2. The quantitative estimate of drug-likeness (QED) is 0.605. The molecule has 0 spiro atoms. The Bertz CT molecular complexity index is 692. The number of hydrogen-bond acceptors (Lipinski definition) is 5. The number of hydrogen-bond donors (Lipinski definition) is 0. The number of benzene rings is 1. The zero-order valence-corrected chi connectivity index (χ0v) is 17.5. The van der Waals surface area contributed by atoms with Crippen molar-refractivity contribution >= 4 is 45.8 Å². The van der Waals surface area contributed by atoms with Crippen LogP contribution in [-0.4, -0.2) is 41.1 Å². The fourth-order valence-corrected chi connectivity index (χ4v) is 5.50. The van der Waals surface area contributed by atoms with Crippen LogP contribution in [0.5, 0.6) is 11.5 Å². The van der Waals surface area contributed by atoms with Crippen LogP contribution in [0.2, 0.25) is 5.02 Å². The first kappa shape index (κ1) is 19.8. The van der Waals surface area contributed by atoms with Crippen LogP contribution in [0.15, 0.2) is 12.1 Å². The average molecular weight is 414 g/mol. The lowest BCUT2D eigenvalue weighted by atomic mass is 10.0. The van der Waals surface area contributed by atoms with Gasteiger partial charge in [0, 0.05) is 17.6 Å². The van der Waals surface area contributed by atoms with Crippen LogP contribution in [0.25, 0.3) is 0 Å². The molecule has 1 saturated heterocycles. The first-order valence-corrected chi connectivity index (χ1v) is 10.6. The molecule has 0 radical (unpaired) electrons. The third-order valence-corrected chi connectivity index (χ3v) is 7.13. The second-order valence-electron chi connectivity index (χ2n) is 6.80. The molecule has 3 rings (SSSR count). The van der Waals surface area contributed by atoms with Gasteiger partial charge in [0.05, 0.1) is 19.5 Å². The molecule has 1 aromatic carbocycles. The normalized spacial score (nSPS) is 20.9. The fourth-order valence-electron chi connectivity index (χ4n) is 3.69. The van der Waals surface area contributed by atoms with Gasteiger partial charge in [0.2, 0.25) is 5.91 Å². The number of ether oxygens (including phenoxy) is 2. The van der Waals surface area contributed by atoms with Gasteiger partial charge in [-0.2, -0.15) is 0 Å². The first-order chi connectivity index (χ1) is 12.5. The molecule has 7 heteroatoms. The number of halogens is 1. The van der Waals surface area contributed by atoms with Gasteiger partial charge in [0.25, 0.3) is 0 Å². The minimum atomic E-state index is -0.221. The van der Waals surface area contributed by atoms with Crippen LogP contribution in [-0.2, 0) is 11.2 Å². The summed E-state index contributed by atoms with van der Waals surface area (Å²) in [6.07, 6.45) is 6.79. The third kappa shape index (κ3) is 4.29. The highest BCUT2D eigenvalue weighted by atomic mass is 35.5. The number of rotatable bonds is 7. The Labute approximate surface area is 169 Å². The number of thiocarbonyl (C=S) groups is 1. The molecule has 2 fully saturated rings. The number of carbonyl (C=O) groups is 1. The monoisotopic (exact) mass is 413 g/mol. The molecule has 4 nitrogen and oxygen atoms in total. The van der Waals surface area contributed by atoms with E-state index in [9.17, 15) is 4.79 Å². The van der Waals surface area contributed by atoms with Crippen molar-refractivity contribution in [2.75, 3.05) is 20.8 Å². The summed E-state index contributed by atoms with van der Waals surface area (Å²) in [6.45, 7) is 0.742. The molecule has 1 atom stereocenters. The van der Waals surface area contributed by atoms with E-state index in [1.54, 1.807) is 25.2 Å². The smallest absolute Gasteiger partial charge is 0.241 e. The molecule has 1 aromatic rings. The summed E-state index contributed by atoms with van der Waals surface area (Å²) < 4.78 is 11.3. The Hall–Kier alpha value is -0.980. The van der Waals surface area contributed by atoms with Gasteiger partial charge in [-0.15, -0.1) is 0 Å². The molecular formula is C19H24ClNO3S2. The van der Waals surface area contributed by atoms with Gasteiger partial charge in [-0.05, 0) is 30.4 Å². The van der Waals surface area contributed by atoms with Crippen molar-refractivity contribution in [3.05, 3.63) is 22.7 Å². The van der Waals surface area contributed by atoms with Crippen molar-refractivity contribution in [3.63, 3.8) is 0 Å². The van der Waals surface area contributed by atoms with Gasteiger partial charge in [0.15, 0.2) is 11.5 Å². The second kappa shape index (κ2) is 8.81. The molecule has 1 aliphatic carbocycles. The van der Waals surface area contributed by atoms with Crippen LogP contribution < -0.4 is 9.47 Å². The third-order valence-electron chi connectivity index (χ3n) is 5.20. The Morgan fingerprint density at radius 2 is 1.88 bits per heavy atom. The molecule has 1 amide bonds. The highest BCUT2D eigenvalue weighted by Crippen LogP contribution is 2.37. The lowest BCUT2D eigenvalue weighted by Crippen LogP contribution is -2.33. The van der Waals surface area contributed by atoms with Gasteiger partial charge >= 0.3 is 0 Å². The van der Waals surface area contributed by atoms with E-state index < -0.39 is 0 Å². The molecule has 1 aliphatic heterocycles. The molecule has 0 unspecified atom stereocenters. The summed E-state index contributed by atoms with van der Waals surface area (Å²) in [5, 5.41) is 0.355. The van der Waals surface area contributed by atoms with Crippen LogP contribution >= 0.6 is 35.6 Å². The molecule has 2 aliphatic rings.